The zero-order chi connectivity index (χ0) is 10.7. The van der Waals surface area contributed by atoms with Crippen molar-refractivity contribution in [2.45, 2.75) is 32.8 Å². The standard InChI is InChI=1S/C7H18N2O3S/c1-4-6(2)7(3,10)5-9-13(8,11)12/h6,9-10H,4-5H2,1-3H3,(H2,8,11,12). The van der Waals surface area contributed by atoms with Crippen molar-refractivity contribution >= 4 is 10.2 Å². The van der Waals surface area contributed by atoms with Gasteiger partial charge in [0.15, 0.2) is 0 Å². The molecule has 2 atom stereocenters. The number of nitrogens with two attached hydrogens (primary N) is 1. The van der Waals surface area contributed by atoms with E-state index in [1.165, 1.54) is 0 Å². The topological polar surface area (TPSA) is 92.4 Å². The van der Waals surface area contributed by atoms with Crippen LogP contribution in [0, 0.1) is 5.92 Å². The fraction of sp³-hybridized carbons (Fsp3) is 1.00. The van der Waals surface area contributed by atoms with Gasteiger partial charge in [-0.15, -0.1) is 0 Å². The normalized spacial score (nSPS) is 19.5. The first-order valence-corrected chi connectivity index (χ1v) is 5.73. The second-order valence-corrected chi connectivity index (χ2v) is 4.91. The predicted octanol–water partition coefficient (Wildman–Crippen LogP) is -0.423. The molecular weight excluding hydrogens is 192 g/mol. The van der Waals surface area contributed by atoms with E-state index in [0.29, 0.717) is 0 Å². The summed E-state index contributed by atoms with van der Waals surface area (Å²) >= 11 is 0. The molecule has 80 valence electrons. The van der Waals surface area contributed by atoms with Crippen molar-refractivity contribution in [2.75, 3.05) is 6.54 Å². The van der Waals surface area contributed by atoms with Gasteiger partial charge in [-0.25, -0.2) is 5.14 Å². The summed E-state index contributed by atoms with van der Waals surface area (Å²) in [6, 6.07) is 0. The number of hydrogen-bond acceptors (Lipinski definition) is 3. The third-order valence-corrected chi connectivity index (χ3v) is 2.85. The molecule has 0 aliphatic rings. The van der Waals surface area contributed by atoms with Crippen LogP contribution in [0.1, 0.15) is 27.2 Å². The van der Waals surface area contributed by atoms with E-state index in [1.54, 1.807) is 6.92 Å². The first kappa shape index (κ1) is 12.8. The third-order valence-electron chi connectivity index (χ3n) is 2.31. The van der Waals surface area contributed by atoms with Crippen LogP contribution in [0.4, 0.5) is 0 Å². The summed E-state index contributed by atoms with van der Waals surface area (Å²) in [7, 11) is -3.71. The highest BCUT2D eigenvalue weighted by Gasteiger charge is 2.27. The van der Waals surface area contributed by atoms with Gasteiger partial charge in [0, 0.05) is 6.54 Å². The number of nitrogens with one attached hydrogen (secondary N) is 1. The molecule has 0 rings (SSSR count). The predicted molar refractivity (Wildman–Crippen MR) is 51.2 cm³/mol. The summed E-state index contributed by atoms with van der Waals surface area (Å²) in [6.07, 6.45) is 0.777. The van der Waals surface area contributed by atoms with Gasteiger partial charge in [-0.1, -0.05) is 20.3 Å². The maximum atomic E-state index is 10.5. The molecular formula is C7H18N2O3S. The molecule has 0 saturated carbocycles. The molecule has 0 bridgehead atoms. The van der Waals surface area contributed by atoms with Gasteiger partial charge >= 0.3 is 0 Å². The maximum Gasteiger partial charge on any atom is 0.274 e. The van der Waals surface area contributed by atoms with Gasteiger partial charge in [0.1, 0.15) is 0 Å². The minimum absolute atomic E-state index is 0.0155. The summed E-state index contributed by atoms with van der Waals surface area (Å²) in [5, 5.41) is 14.5. The summed E-state index contributed by atoms with van der Waals surface area (Å²) in [5.41, 5.74) is -1.05. The smallest absolute Gasteiger partial charge is 0.274 e. The number of rotatable bonds is 5. The van der Waals surface area contributed by atoms with E-state index in [-0.39, 0.29) is 12.5 Å². The lowest BCUT2D eigenvalue weighted by atomic mass is 9.89. The molecule has 0 fully saturated rings. The van der Waals surface area contributed by atoms with Crippen LogP contribution < -0.4 is 9.86 Å². The van der Waals surface area contributed by atoms with Crippen molar-refractivity contribution in [2.24, 2.45) is 11.1 Å². The molecule has 0 aromatic carbocycles. The van der Waals surface area contributed by atoms with E-state index in [0.717, 1.165) is 6.42 Å². The van der Waals surface area contributed by atoms with Crippen LogP contribution in [-0.4, -0.2) is 25.7 Å². The fourth-order valence-electron chi connectivity index (χ4n) is 0.861. The van der Waals surface area contributed by atoms with E-state index in [2.05, 4.69) is 4.72 Å². The molecule has 0 aromatic heterocycles. The molecule has 4 N–H and O–H groups in total. The van der Waals surface area contributed by atoms with Crippen molar-refractivity contribution in [1.29, 1.82) is 0 Å². The molecule has 0 spiro atoms. The molecule has 0 aliphatic carbocycles. The molecule has 0 aliphatic heterocycles. The molecule has 0 aromatic rings. The molecule has 0 radical (unpaired) electrons. The van der Waals surface area contributed by atoms with Crippen LogP contribution in [0.5, 0.6) is 0 Å². The number of aliphatic hydroxyl groups is 1. The molecule has 6 heteroatoms. The third kappa shape index (κ3) is 5.20. The minimum Gasteiger partial charge on any atom is -0.389 e. The second-order valence-electron chi connectivity index (χ2n) is 3.53. The van der Waals surface area contributed by atoms with Gasteiger partial charge in [0.25, 0.3) is 10.2 Å². The Morgan fingerprint density at radius 1 is 1.62 bits per heavy atom. The molecule has 2 unspecified atom stereocenters. The van der Waals surface area contributed by atoms with Crippen LogP contribution >= 0.6 is 0 Å². The van der Waals surface area contributed by atoms with Crippen LogP contribution in [0.3, 0.4) is 0 Å². The summed E-state index contributed by atoms with van der Waals surface area (Å²) in [5.74, 6) is 0.0155. The SMILES string of the molecule is CCC(C)C(C)(O)CNS(N)(=O)=O. The quantitative estimate of drug-likeness (QED) is 0.575. The van der Waals surface area contributed by atoms with Gasteiger partial charge in [0.05, 0.1) is 5.60 Å². The summed E-state index contributed by atoms with van der Waals surface area (Å²) < 4.78 is 23.2. The Hall–Kier alpha value is -0.170. The van der Waals surface area contributed by atoms with Crippen molar-refractivity contribution in [3.63, 3.8) is 0 Å². The lowest BCUT2D eigenvalue weighted by Gasteiger charge is -2.29. The van der Waals surface area contributed by atoms with Crippen molar-refractivity contribution in [3.8, 4) is 0 Å². The first-order valence-electron chi connectivity index (χ1n) is 4.19. The molecule has 0 amide bonds. The highest BCUT2D eigenvalue weighted by atomic mass is 32.2. The second kappa shape index (κ2) is 4.36. The highest BCUT2D eigenvalue weighted by molar-refractivity contribution is 7.87. The zero-order valence-electron chi connectivity index (χ0n) is 8.24. The Kier molecular flexibility index (Phi) is 4.31. The van der Waals surface area contributed by atoms with Crippen molar-refractivity contribution < 1.29 is 13.5 Å². The van der Waals surface area contributed by atoms with Crippen molar-refractivity contribution in [1.82, 2.24) is 4.72 Å². The van der Waals surface area contributed by atoms with Crippen LogP contribution in [0.2, 0.25) is 0 Å². The molecule has 13 heavy (non-hydrogen) atoms. The Balaban J connectivity index is 4.19. The average Bonchev–Trinajstić information content (AvgIpc) is 1.98. The van der Waals surface area contributed by atoms with Gasteiger partial charge in [-0.2, -0.15) is 13.1 Å². The van der Waals surface area contributed by atoms with Gasteiger partial charge in [-0.05, 0) is 12.8 Å². The molecule has 5 nitrogen and oxygen atoms in total. The molecule has 0 heterocycles. The van der Waals surface area contributed by atoms with Gasteiger partial charge in [-0.3, -0.25) is 0 Å². The van der Waals surface area contributed by atoms with Gasteiger partial charge in [0.2, 0.25) is 0 Å². The zero-order valence-corrected chi connectivity index (χ0v) is 9.06. The summed E-state index contributed by atoms with van der Waals surface area (Å²) in [6.45, 7) is 5.31. The maximum absolute atomic E-state index is 10.5. The van der Waals surface area contributed by atoms with E-state index in [9.17, 15) is 13.5 Å². The van der Waals surface area contributed by atoms with Crippen LogP contribution in [-0.2, 0) is 10.2 Å². The van der Waals surface area contributed by atoms with E-state index < -0.39 is 15.8 Å². The first-order chi connectivity index (χ1) is 5.69. The summed E-state index contributed by atoms with van der Waals surface area (Å²) in [4.78, 5) is 0. The Morgan fingerprint density at radius 2 is 2.08 bits per heavy atom. The van der Waals surface area contributed by atoms with Crippen molar-refractivity contribution in [3.05, 3.63) is 0 Å². The van der Waals surface area contributed by atoms with E-state index >= 15 is 0 Å². The Bertz CT molecular complexity index is 248. The van der Waals surface area contributed by atoms with E-state index in [4.69, 9.17) is 5.14 Å². The number of hydrogen-bond donors (Lipinski definition) is 3. The Morgan fingerprint density at radius 3 is 2.38 bits per heavy atom. The minimum atomic E-state index is -3.71. The fourth-order valence-corrected chi connectivity index (χ4v) is 1.35. The highest BCUT2D eigenvalue weighted by Crippen LogP contribution is 2.18. The average molecular weight is 210 g/mol. The lowest BCUT2D eigenvalue weighted by Crippen LogP contribution is -2.46. The lowest BCUT2D eigenvalue weighted by molar-refractivity contribution is 0.0102. The monoisotopic (exact) mass is 210 g/mol. The van der Waals surface area contributed by atoms with Crippen LogP contribution in [0.15, 0.2) is 0 Å². The van der Waals surface area contributed by atoms with E-state index in [1.807, 2.05) is 13.8 Å². The Labute approximate surface area is 79.5 Å². The van der Waals surface area contributed by atoms with Gasteiger partial charge < -0.3 is 5.11 Å². The molecule has 0 saturated heterocycles. The van der Waals surface area contributed by atoms with Crippen LogP contribution in [0.25, 0.3) is 0 Å². The largest absolute Gasteiger partial charge is 0.389 e.